The number of halogens is 3. The maximum atomic E-state index is 13.9. The van der Waals surface area contributed by atoms with E-state index in [1.165, 1.54) is 18.3 Å². The standard InChI is InChI=1S/C37H39Cl2FN8O/c1-36(2,3)47-13-11-27(12-14-47)48-21-32(45-46-48)34(22-7-6-8-24(15-22)37(4,5)49)44-26-16-28-33(43-25-9-10-31(40)29(38)17-25)23(19-41)20-42-35(28)30(39)18-26/h6-10,15-18,20-21,27,34,44,49H,11-14H2,1-5H3,(H,42,43)/t34-/m0/s1. The normalized spacial score (nSPS) is 15.3. The highest BCUT2D eigenvalue weighted by Gasteiger charge is 2.29. The van der Waals surface area contributed by atoms with Gasteiger partial charge in [0, 0.05) is 41.6 Å². The van der Waals surface area contributed by atoms with Gasteiger partial charge in [-0.2, -0.15) is 5.26 Å². The second-order valence-corrected chi connectivity index (χ2v) is 14.9. The summed E-state index contributed by atoms with van der Waals surface area (Å²) in [6.45, 7) is 12.2. The molecule has 1 fully saturated rings. The predicted octanol–water partition coefficient (Wildman–Crippen LogP) is 8.75. The van der Waals surface area contributed by atoms with Crippen molar-refractivity contribution in [3.8, 4) is 6.07 Å². The molecule has 5 aromatic rings. The molecule has 0 radical (unpaired) electrons. The molecule has 0 bridgehead atoms. The number of hydrogen-bond donors (Lipinski definition) is 3. The first-order valence-electron chi connectivity index (χ1n) is 16.2. The zero-order valence-electron chi connectivity index (χ0n) is 28.1. The van der Waals surface area contributed by atoms with Crippen LogP contribution in [-0.2, 0) is 5.60 Å². The molecule has 0 spiro atoms. The quantitative estimate of drug-likeness (QED) is 0.147. The molecule has 3 N–H and O–H groups in total. The van der Waals surface area contributed by atoms with Crippen LogP contribution >= 0.6 is 23.2 Å². The van der Waals surface area contributed by atoms with Gasteiger partial charge in [-0.05, 0) is 88.9 Å². The number of anilines is 3. The molecule has 1 aliphatic heterocycles. The SMILES string of the molecule is CC(C)(O)c1cccc([C@H](Nc2cc(Cl)c3ncc(C#N)c(Nc4ccc(F)c(Cl)c4)c3c2)c2cn(C3CCN(C(C)(C)C)CC3)nn2)c1. The van der Waals surface area contributed by atoms with Gasteiger partial charge in [0.1, 0.15) is 17.6 Å². The zero-order chi connectivity index (χ0) is 35.1. The molecule has 1 saturated heterocycles. The minimum Gasteiger partial charge on any atom is -0.386 e. The zero-order valence-corrected chi connectivity index (χ0v) is 29.6. The summed E-state index contributed by atoms with van der Waals surface area (Å²) >= 11 is 12.9. The van der Waals surface area contributed by atoms with Gasteiger partial charge in [-0.1, -0.05) is 52.7 Å². The van der Waals surface area contributed by atoms with Crippen LogP contribution in [0, 0.1) is 17.1 Å². The van der Waals surface area contributed by atoms with Crippen molar-refractivity contribution in [2.75, 3.05) is 23.7 Å². The number of pyridine rings is 1. The third kappa shape index (κ3) is 7.51. The topological polar surface area (TPSA) is 115 Å². The van der Waals surface area contributed by atoms with Crippen molar-refractivity contribution in [2.45, 2.75) is 70.7 Å². The van der Waals surface area contributed by atoms with Gasteiger partial charge in [-0.3, -0.25) is 9.88 Å². The number of hydrogen-bond acceptors (Lipinski definition) is 8. The number of nitrogens with zero attached hydrogens (tertiary/aromatic N) is 6. The highest BCUT2D eigenvalue weighted by Crippen LogP contribution is 2.38. The summed E-state index contributed by atoms with van der Waals surface area (Å²) in [6, 6.07) is 17.6. The monoisotopic (exact) mass is 700 g/mol. The number of nitriles is 1. The lowest BCUT2D eigenvalue weighted by Gasteiger charge is -2.40. The molecule has 2 aromatic heterocycles. The summed E-state index contributed by atoms with van der Waals surface area (Å²) in [5.74, 6) is -0.547. The average Bonchev–Trinajstić information content (AvgIpc) is 3.55. The molecule has 254 valence electrons. The fourth-order valence-electron chi connectivity index (χ4n) is 6.28. The Morgan fingerprint density at radius 1 is 1.00 bits per heavy atom. The van der Waals surface area contributed by atoms with Crippen LogP contribution in [0.15, 0.2) is 67.0 Å². The van der Waals surface area contributed by atoms with Gasteiger partial charge >= 0.3 is 0 Å². The fourth-order valence-corrected chi connectivity index (χ4v) is 6.73. The molecule has 1 aliphatic rings. The maximum absolute atomic E-state index is 13.9. The van der Waals surface area contributed by atoms with Crippen molar-refractivity contribution >= 4 is 51.2 Å². The molecule has 49 heavy (non-hydrogen) atoms. The van der Waals surface area contributed by atoms with E-state index in [0.717, 1.165) is 37.1 Å². The Morgan fingerprint density at radius 3 is 2.41 bits per heavy atom. The van der Waals surface area contributed by atoms with E-state index < -0.39 is 17.5 Å². The number of aliphatic hydroxyl groups is 1. The first-order chi connectivity index (χ1) is 23.2. The van der Waals surface area contributed by atoms with E-state index in [-0.39, 0.29) is 22.2 Å². The molecule has 0 unspecified atom stereocenters. The van der Waals surface area contributed by atoms with E-state index in [1.807, 2.05) is 41.2 Å². The van der Waals surface area contributed by atoms with E-state index in [0.29, 0.717) is 38.7 Å². The van der Waals surface area contributed by atoms with Gasteiger partial charge in [0.2, 0.25) is 0 Å². The van der Waals surface area contributed by atoms with Crippen LogP contribution in [0.25, 0.3) is 10.9 Å². The number of nitrogens with one attached hydrogen (secondary N) is 2. The maximum Gasteiger partial charge on any atom is 0.141 e. The molecule has 6 rings (SSSR count). The van der Waals surface area contributed by atoms with Crippen molar-refractivity contribution in [3.63, 3.8) is 0 Å². The van der Waals surface area contributed by atoms with E-state index in [9.17, 15) is 14.8 Å². The summed E-state index contributed by atoms with van der Waals surface area (Å²) < 4.78 is 15.9. The summed E-state index contributed by atoms with van der Waals surface area (Å²) in [5.41, 5.74) is 3.72. The lowest BCUT2D eigenvalue weighted by atomic mass is 9.93. The second kappa shape index (κ2) is 13.6. The highest BCUT2D eigenvalue weighted by molar-refractivity contribution is 6.36. The largest absolute Gasteiger partial charge is 0.386 e. The average molecular weight is 702 g/mol. The molecule has 3 heterocycles. The molecule has 3 aromatic carbocycles. The molecular weight excluding hydrogens is 662 g/mol. The summed E-state index contributed by atoms with van der Waals surface area (Å²) in [5, 5.41) is 37.8. The molecule has 9 nitrogen and oxygen atoms in total. The van der Waals surface area contributed by atoms with Crippen LogP contribution in [0.1, 0.15) is 81.9 Å². The van der Waals surface area contributed by atoms with E-state index in [2.05, 4.69) is 57.7 Å². The predicted molar refractivity (Wildman–Crippen MR) is 193 cm³/mol. The first-order valence-corrected chi connectivity index (χ1v) is 17.0. The lowest BCUT2D eigenvalue weighted by Crippen LogP contribution is -2.46. The fraction of sp³-hybridized carbons (Fsp3) is 0.351. The summed E-state index contributed by atoms with van der Waals surface area (Å²) in [7, 11) is 0. The smallest absolute Gasteiger partial charge is 0.141 e. The van der Waals surface area contributed by atoms with Gasteiger partial charge in [0.25, 0.3) is 0 Å². The number of benzene rings is 3. The number of fused-ring (bicyclic) bond motifs is 1. The molecule has 0 amide bonds. The van der Waals surface area contributed by atoms with Crippen LogP contribution in [0.3, 0.4) is 0 Å². The number of likely N-dealkylation sites (tertiary alicyclic amines) is 1. The number of rotatable bonds is 8. The molecule has 12 heteroatoms. The van der Waals surface area contributed by atoms with Crippen LogP contribution in [0.5, 0.6) is 0 Å². The van der Waals surface area contributed by atoms with Crippen molar-refractivity contribution in [1.82, 2.24) is 24.9 Å². The molecule has 1 atom stereocenters. The minimum absolute atomic E-state index is 0.0498. The Hall–Kier alpha value is -4.27. The van der Waals surface area contributed by atoms with Gasteiger partial charge in [-0.15, -0.1) is 5.10 Å². The van der Waals surface area contributed by atoms with Crippen molar-refractivity contribution in [1.29, 1.82) is 5.26 Å². The number of piperidine rings is 1. The number of aromatic nitrogens is 4. The van der Waals surface area contributed by atoms with Crippen LogP contribution in [-0.4, -0.2) is 48.6 Å². The Morgan fingerprint density at radius 2 is 1.73 bits per heavy atom. The van der Waals surface area contributed by atoms with Crippen molar-refractivity contribution < 1.29 is 9.50 Å². The van der Waals surface area contributed by atoms with Crippen molar-refractivity contribution in [3.05, 3.63) is 105 Å². The second-order valence-electron chi connectivity index (χ2n) is 14.0. The van der Waals surface area contributed by atoms with Gasteiger partial charge in [-0.25, -0.2) is 9.07 Å². The first kappa shape index (κ1) is 34.6. The van der Waals surface area contributed by atoms with Crippen molar-refractivity contribution in [2.24, 2.45) is 0 Å². The molecular formula is C37H39Cl2FN8O. The Bertz CT molecular complexity index is 2040. The Kier molecular flexibility index (Phi) is 9.57. The van der Waals surface area contributed by atoms with E-state index in [1.54, 1.807) is 26.0 Å². The highest BCUT2D eigenvalue weighted by atomic mass is 35.5. The Balaban J connectivity index is 1.40. The molecule has 0 aliphatic carbocycles. The third-order valence-corrected chi connectivity index (χ3v) is 9.66. The lowest BCUT2D eigenvalue weighted by molar-refractivity contribution is 0.0785. The summed E-state index contributed by atoms with van der Waals surface area (Å²) in [6.07, 6.45) is 5.38. The summed E-state index contributed by atoms with van der Waals surface area (Å²) in [4.78, 5) is 6.97. The van der Waals surface area contributed by atoms with E-state index in [4.69, 9.17) is 23.2 Å². The minimum atomic E-state index is -1.06. The van der Waals surface area contributed by atoms with E-state index >= 15 is 0 Å². The third-order valence-electron chi connectivity index (χ3n) is 9.08. The molecule has 0 saturated carbocycles. The van der Waals surface area contributed by atoms with Gasteiger partial charge in [0.15, 0.2) is 0 Å². The van der Waals surface area contributed by atoms with Crippen LogP contribution in [0.2, 0.25) is 10.0 Å². The van der Waals surface area contributed by atoms with Crippen LogP contribution < -0.4 is 10.6 Å². The van der Waals surface area contributed by atoms with Gasteiger partial charge < -0.3 is 15.7 Å². The Labute approximate surface area is 295 Å². The van der Waals surface area contributed by atoms with Crippen LogP contribution in [0.4, 0.5) is 21.5 Å². The van der Waals surface area contributed by atoms with Gasteiger partial charge in [0.05, 0.1) is 50.7 Å².